The summed E-state index contributed by atoms with van der Waals surface area (Å²) in [5, 5.41) is 0. The normalized spacial score (nSPS) is 15.6. The molecule has 0 atom stereocenters. The van der Waals surface area contributed by atoms with E-state index in [1.807, 2.05) is 19.9 Å². The molecule has 0 aliphatic heterocycles. The Labute approximate surface area is 173 Å². The molecule has 1 aromatic carbocycles. The maximum Gasteiger partial charge on any atom is 0.258 e. The highest BCUT2D eigenvalue weighted by Crippen LogP contribution is 2.27. The molecule has 0 unspecified atom stereocenters. The van der Waals surface area contributed by atoms with Gasteiger partial charge in [0.2, 0.25) is 10.0 Å². The molecule has 1 heterocycles. The van der Waals surface area contributed by atoms with Gasteiger partial charge in [-0.1, -0.05) is 19.3 Å². The first kappa shape index (κ1) is 21.5. The van der Waals surface area contributed by atoms with Gasteiger partial charge in [-0.2, -0.15) is 4.31 Å². The molecule has 6 nitrogen and oxygen atoms in total. The van der Waals surface area contributed by atoms with Crippen LogP contribution in [-0.4, -0.2) is 42.7 Å². The van der Waals surface area contributed by atoms with Gasteiger partial charge in [-0.05, 0) is 63.1 Å². The van der Waals surface area contributed by atoms with Crippen LogP contribution in [0.4, 0.5) is 5.69 Å². The van der Waals surface area contributed by atoms with Gasteiger partial charge in [-0.15, -0.1) is 0 Å². The van der Waals surface area contributed by atoms with E-state index in [4.69, 9.17) is 0 Å². The standard InChI is InChI=1S/C22H29N3O3S/c1-17(2)25(20-10-7-15-23-16-20)22(26)18-11-13-21(14-12-18)29(27,28)24(3)19-8-5-4-6-9-19/h7,10-17,19H,4-6,8-9H2,1-3H3. The van der Waals surface area contributed by atoms with Gasteiger partial charge in [0.25, 0.3) is 5.91 Å². The molecule has 1 aromatic heterocycles. The van der Waals surface area contributed by atoms with Crippen LogP contribution in [0.5, 0.6) is 0 Å². The van der Waals surface area contributed by atoms with E-state index in [9.17, 15) is 13.2 Å². The Morgan fingerprint density at radius 2 is 1.72 bits per heavy atom. The van der Waals surface area contributed by atoms with E-state index in [-0.39, 0.29) is 22.9 Å². The first-order chi connectivity index (χ1) is 13.8. The minimum absolute atomic E-state index is 0.0528. The largest absolute Gasteiger partial charge is 0.304 e. The van der Waals surface area contributed by atoms with Crippen molar-refractivity contribution in [3.63, 3.8) is 0 Å². The molecular weight excluding hydrogens is 386 g/mol. The SMILES string of the molecule is CC(C)N(C(=O)c1ccc(S(=O)(=O)N(C)C2CCCCC2)cc1)c1cccnc1. The Bertz CT molecular complexity index is 922. The maximum atomic E-state index is 13.1. The van der Waals surface area contributed by atoms with Gasteiger partial charge in [0.1, 0.15) is 0 Å². The van der Waals surface area contributed by atoms with E-state index in [0.29, 0.717) is 11.3 Å². The van der Waals surface area contributed by atoms with Gasteiger partial charge in [-0.3, -0.25) is 9.78 Å². The highest BCUT2D eigenvalue weighted by atomic mass is 32.2. The molecule has 1 amide bonds. The fourth-order valence-electron chi connectivity index (χ4n) is 3.86. The number of anilines is 1. The topological polar surface area (TPSA) is 70.6 Å². The molecule has 0 N–H and O–H groups in total. The van der Waals surface area contributed by atoms with E-state index >= 15 is 0 Å². The molecule has 1 aliphatic rings. The number of amides is 1. The van der Waals surface area contributed by atoms with Gasteiger partial charge in [0.15, 0.2) is 0 Å². The van der Waals surface area contributed by atoms with Crippen molar-refractivity contribution < 1.29 is 13.2 Å². The van der Waals surface area contributed by atoms with Crippen LogP contribution in [0.1, 0.15) is 56.3 Å². The highest BCUT2D eigenvalue weighted by molar-refractivity contribution is 7.89. The molecule has 3 rings (SSSR count). The summed E-state index contributed by atoms with van der Waals surface area (Å²) in [5.74, 6) is -0.183. The minimum Gasteiger partial charge on any atom is -0.304 e. The molecule has 29 heavy (non-hydrogen) atoms. The molecule has 1 fully saturated rings. The monoisotopic (exact) mass is 415 g/mol. The Morgan fingerprint density at radius 3 is 2.28 bits per heavy atom. The lowest BCUT2D eigenvalue weighted by molar-refractivity contribution is 0.0980. The second-order valence-electron chi connectivity index (χ2n) is 7.82. The fourth-order valence-corrected chi connectivity index (χ4v) is 5.28. The number of sulfonamides is 1. The quantitative estimate of drug-likeness (QED) is 0.712. The minimum atomic E-state index is -3.57. The van der Waals surface area contributed by atoms with Gasteiger partial charge in [-0.25, -0.2) is 8.42 Å². The lowest BCUT2D eigenvalue weighted by Crippen LogP contribution is -2.38. The predicted octanol–water partition coefficient (Wildman–Crippen LogP) is 4.09. The first-order valence-corrected chi connectivity index (χ1v) is 11.6. The van der Waals surface area contributed by atoms with Gasteiger partial charge in [0.05, 0.1) is 16.8 Å². The summed E-state index contributed by atoms with van der Waals surface area (Å²) >= 11 is 0. The van der Waals surface area contributed by atoms with E-state index in [1.165, 1.54) is 22.9 Å². The zero-order valence-electron chi connectivity index (χ0n) is 17.3. The van der Waals surface area contributed by atoms with Gasteiger partial charge >= 0.3 is 0 Å². The van der Waals surface area contributed by atoms with Gasteiger partial charge < -0.3 is 4.90 Å². The van der Waals surface area contributed by atoms with Crippen molar-refractivity contribution in [3.05, 3.63) is 54.4 Å². The maximum absolute atomic E-state index is 13.1. The van der Waals surface area contributed by atoms with E-state index in [1.54, 1.807) is 42.5 Å². The highest BCUT2D eigenvalue weighted by Gasteiger charge is 2.29. The smallest absolute Gasteiger partial charge is 0.258 e. The van der Waals surface area contributed by atoms with Crippen LogP contribution in [0, 0.1) is 0 Å². The molecular formula is C22H29N3O3S. The van der Waals surface area contributed by atoms with Crippen molar-refractivity contribution in [2.75, 3.05) is 11.9 Å². The van der Waals surface area contributed by atoms with Crippen LogP contribution < -0.4 is 4.90 Å². The van der Waals surface area contributed by atoms with Crippen molar-refractivity contribution >= 4 is 21.6 Å². The molecule has 0 spiro atoms. The number of pyridine rings is 1. The first-order valence-electron chi connectivity index (χ1n) is 10.1. The summed E-state index contributed by atoms with van der Waals surface area (Å²) in [7, 11) is -1.91. The van der Waals surface area contributed by atoms with Crippen molar-refractivity contribution in [1.82, 2.24) is 9.29 Å². The van der Waals surface area contributed by atoms with Crippen molar-refractivity contribution in [3.8, 4) is 0 Å². The second-order valence-corrected chi connectivity index (χ2v) is 9.82. The molecule has 1 saturated carbocycles. The van der Waals surface area contributed by atoms with Gasteiger partial charge in [0, 0.05) is 30.9 Å². The Hall–Kier alpha value is -2.25. The van der Waals surface area contributed by atoms with E-state index in [2.05, 4.69) is 4.98 Å². The third-order valence-electron chi connectivity index (χ3n) is 5.53. The Balaban J connectivity index is 1.82. The van der Waals surface area contributed by atoms with E-state index in [0.717, 1.165) is 25.7 Å². The summed E-state index contributed by atoms with van der Waals surface area (Å²) in [6.45, 7) is 3.87. The van der Waals surface area contributed by atoms with Crippen LogP contribution >= 0.6 is 0 Å². The molecule has 2 aromatic rings. The van der Waals surface area contributed by atoms with Crippen LogP contribution in [0.25, 0.3) is 0 Å². The number of hydrogen-bond donors (Lipinski definition) is 0. The summed E-state index contributed by atoms with van der Waals surface area (Å²) in [5.41, 5.74) is 1.16. The number of nitrogens with zero attached hydrogens (tertiary/aromatic N) is 3. The molecule has 0 radical (unpaired) electrons. The number of hydrogen-bond acceptors (Lipinski definition) is 4. The molecule has 156 valence electrons. The second kappa shape index (κ2) is 9.05. The summed E-state index contributed by atoms with van der Waals surface area (Å²) in [6, 6.07) is 9.86. The van der Waals surface area contributed by atoms with E-state index < -0.39 is 10.0 Å². The molecule has 7 heteroatoms. The third kappa shape index (κ3) is 4.67. The Morgan fingerprint density at radius 1 is 1.07 bits per heavy atom. The van der Waals surface area contributed by atoms with Crippen molar-refractivity contribution in [2.45, 2.75) is 62.9 Å². The summed E-state index contributed by atoms with van der Waals surface area (Å²) < 4.78 is 27.5. The number of benzene rings is 1. The number of aromatic nitrogens is 1. The zero-order valence-corrected chi connectivity index (χ0v) is 18.1. The molecule has 0 bridgehead atoms. The van der Waals surface area contributed by atoms with Crippen LogP contribution in [0.2, 0.25) is 0 Å². The number of carbonyl (C=O) groups excluding carboxylic acids is 1. The van der Waals surface area contributed by atoms with Crippen LogP contribution in [0.3, 0.4) is 0 Å². The zero-order chi connectivity index (χ0) is 21.0. The molecule has 0 saturated heterocycles. The average Bonchev–Trinajstić information content (AvgIpc) is 2.74. The lowest BCUT2D eigenvalue weighted by atomic mass is 9.96. The van der Waals surface area contributed by atoms with Crippen molar-refractivity contribution in [1.29, 1.82) is 0 Å². The summed E-state index contributed by atoms with van der Waals surface area (Å²) in [6.07, 6.45) is 8.42. The van der Waals surface area contributed by atoms with Crippen LogP contribution in [-0.2, 0) is 10.0 Å². The third-order valence-corrected chi connectivity index (χ3v) is 7.45. The van der Waals surface area contributed by atoms with Crippen LogP contribution in [0.15, 0.2) is 53.7 Å². The average molecular weight is 416 g/mol. The Kier molecular flexibility index (Phi) is 6.70. The lowest BCUT2D eigenvalue weighted by Gasteiger charge is -2.30. The van der Waals surface area contributed by atoms with Crippen molar-refractivity contribution in [2.24, 2.45) is 0 Å². The number of rotatable bonds is 6. The molecule has 1 aliphatic carbocycles. The number of carbonyl (C=O) groups is 1. The summed E-state index contributed by atoms with van der Waals surface area (Å²) in [4.78, 5) is 19.0. The predicted molar refractivity (Wildman–Crippen MR) is 114 cm³/mol. The fraction of sp³-hybridized carbons (Fsp3) is 0.455.